The third-order valence-electron chi connectivity index (χ3n) is 3.85. The number of guanidine groups is 1. The molecule has 1 aliphatic rings. The normalized spacial score (nSPS) is 17.6. The van der Waals surface area contributed by atoms with Crippen LogP contribution in [0.15, 0.2) is 4.99 Å². The SMILES string of the molecule is CCCCCCNC(=NC)NCC(C1CC1)N(C)C. The quantitative estimate of drug-likeness (QED) is 0.382. The summed E-state index contributed by atoms with van der Waals surface area (Å²) in [6.45, 7) is 4.26. The molecule has 4 heteroatoms. The van der Waals surface area contributed by atoms with E-state index in [0.29, 0.717) is 6.04 Å². The molecule has 0 saturated heterocycles. The molecule has 0 heterocycles. The van der Waals surface area contributed by atoms with Crippen LogP contribution in [0.4, 0.5) is 0 Å². The van der Waals surface area contributed by atoms with Crippen LogP contribution in [0.2, 0.25) is 0 Å². The Balaban J connectivity index is 2.17. The number of likely N-dealkylation sites (N-methyl/N-ethyl adjacent to an activating group) is 1. The first-order chi connectivity index (χ1) is 9.19. The van der Waals surface area contributed by atoms with E-state index in [1.165, 1.54) is 38.5 Å². The molecule has 0 aliphatic heterocycles. The highest BCUT2D eigenvalue weighted by molar-refractivity contribution is 5.79. The predicted molar refractivity (Wildman–Crippen MR) is 83.7 cm³/mol. The lowest BCUT2D eigenvalue weighted by Gasteiger charge is -2.25. The lowest BCUT2D eigenvalue weighted by molar-refractivity contribution is 0.264. The third kappa shape index (κ3) is 6.81. The summed E-state index contributed by atoms with van der Waals surface area (Å²) in [7, 11) is 6.19. The maximum atomic E-state index is 4.29. The predicted octanol–water partition coefficient (Wildman–Crippen LogP) is 2.07. The van der Waals surface area contributed by atoms with Crippen molar-refractivity contribution in [1.29, 1.82) is 0 Å². The Morgan fingerprint density at radius 2 is 1.95 bits per heavy atom. The van der Waals surface area contributed by atoms with Gasteiger partial charge in [0.1, 0.15) is 0 Å². The summed E-state index contributed by atoms with van der Waals surface area (Å²) in [4.78, 5) is 6.63. The third-order valence-corrected chi connectivity index (χ3v) is 3.85. The van der Waals surface area contributed by atoms with Gasteiger partial charge in [-0.1, -0.05) is 26.2 Å². The molecule has 1 aliphatic carbocycles. The van der Waals surface area contributed by atoms with Gasteiger partial charge in [-0.25, -0.2) is 0 Å². The lowest BCUT2D eigenvalue weighted by Crippen LogP contribution is -2.46. The first kappa shape index (κ1) is 16.3. The number of rotatable bonds is 9. The molecule has 19 heavy (non-hydrogen) atoms. The van der Waals surface area contributed by atoms with E-state index in [1.54, 1.807) is 0 Å². The van der Waals surface area contributed by atoms with Crippen molar-refractivity contribution >= 4 is 5.96 Å². The molecule has 0 aromatic carbocycles. The minimum absolute atomic E-state index is 0.638. The zero-order valence-electron chi connectivity index (χ0n) is 13.2. The van der Waals surface area contributed by atoms with Gasteiger partial charge < -0.3 is 15.5 Å². The van der Waals surface area contributed by atoms with Gasteiger partial charge in [-0.3, -0.25) is 4.99 Å². The molecule has 0 aromatic heterocycles. The Kier molecular flexibility index (Phi) is 7.87. The first-order valence-corrected chi connectivity index (χ1v) is 7.80. The van der Waals surface area contributed by atoms with Crippen LogP contribution < -0.4 is 10.6 Å². The van der Waals surface area contributed by atoms with Gasteiger partial charge in [-0.15, -0.1) is 0 Å². The van der Waals surface area contributed by atoms with Crippen molar-refractivity contribution in [3.8, 4) is 0 Å². The van der Waals surface area contributed by atoms with Gasteiger partial charge in [0, 0.05) is 26.2 Å². The molecular weight excluding hydrogens is 236 g/mol. The van der Waals surface area contributed by atoms with Crippen LogP contribution in [-0.4, -0.2) is 51.1 Å². The summed E-state index contributed by atoms with van der Waals surface area (Å²) < 4.78 is 0. The first-order valence-electron chi connectivity index (χ1n) is 7.80. The molecule has 0 aromatic rings. The van der Waals surface area contributed by atoms with E-state index < -0.39 is 0 Å². The lowest BCUT2D eigenvalue weighted by atomic mass is 10.1. The molecule has 1 unspecified atom stereocenters. The Labute approximate surface area is 119 Å². The minimum Gasteiger partial charge on any atom is -0.356 e. The fourth-order valence-corrected chi connectivity index (χ4v) is 2.43. The Hall–Kier alpha value is -0.770. The maximum absolute atomic E-state index is 4.29. The molecule has 1 rings (SSSR count). The highest BCUT2D eigenvalue weighted by atomic mass is 15.2. The fraction of sp³-hybridized carbons (Fsp3) is 0.933. The number of hydrogen-bond acceptors (Lipinski definition) is 2. The Morgan fingerprint density at radius 3 is 2.47 bits per heavy atom. The van der Waals surface area contributed by atoms with Gasteiger partial charge in [-0.2, -0.15) is 0 Å². The van der Waals surface area contributed by atoms with Crippen molar-refractivity contribution in [1.82, 2.24) is 15.5 Å². The van der Waals surface area contributed by atoms with Gasteiger partial charge in [0.25, 0.3) is 0 Å². The molecule has 112 valence electrons. The van der Waals surface area contributed by atoms with Crippen LogP contribution >= 0.6 is 0 Å². The van der Waals surface area contributed by atoms with Gasteiger partial charge in [0.05, 0.1) is 0 Å². The topological polar surface area (TPSA) is 39.7 Å². The second-order valence-corrected chi connectivity index (χ2v) is 5.81. The van der Waals surface area contributed by atoms with Crippen LogP contribution in [0.1, 0.15) is 45.4 Å². The largest absolute Gasteiger partial charge is 0.356 e. The summed E-state index contributed by atoms with van der Waals surface area (Å²) in [5, 5.41) is 6.86. The summed E-state index contributed by atoms with van der Waals surface area (Å²) in [5.41, 5.74) is 0. The van der Waals surface area contributed by atoms with Crippen LogP contribution in [0.5, 0.6) is 0 Å². The van der Waals surface area contributed by atoms with Crippen LogP contribution in [-0.2, 0) is 0 Å². The van der Waals surface area contributed by atoms with Crippen molar-refractivity contribution < 1.29 is 0 Å². The molecule has 2 N–H and O–H groups in total. The van der Waals surface area contributed by atoms with E-state index in [-0.39, 0.29) is 0 Å². The van der Waals surface area contributed by atoms with Crippen molar-refractivity contribution in [3.05, 3.63) is 0 Å². The van der Waals surface area contributed by atoms with E-state index in [9.17, 15) is 0 Å². The molecule has 4 nitrogen and oxygen atoms in total. The van der Waals surface area contributed by atoms with Crippen molar-refractivity contribution in [2.45, 2.75) is 51.5 Å². The van der Waals surface area contributed by atoms with Crippen LogP contribution in [0.3, 0.4) is 0 Å². The minimum atomic E-state index is 0.638. The van der Waals surface area contributed by atoms with E-state index in [0.717, 1.165) is 25.0 Å². The van der Waals surface area contributed by atoms with E-state index >= 15 is 0 Å². The van der Waals surface area contributed by atoms with Crippen molar-refractivity contribution in [2.75, 3.05) is 34.2 Å². The van der Waals surface area contributed by atoms with E-state index in [1.807, 2.05) is 7.05 Å². The molecule has 1 atom stereocenters. The van der Waals surface area contributed by atoms with Gasteiger partial charge in [0.15, 0.2) is 5.96 Å². The number of nitrogens with one attached hydrogen (secondary N) is 2. The van der Waals surface area contributed by atoms with E-state index in [4.69, 9.17) is 0 Å². The summed E-state index contributed by atoms with van der Waals surface area (Å²) in [6, 6.07) is 0.638. The zero-order chi connectivity index (χ0) is 14.1. The maximum Gasteiger partial charge on any atom is 0.191 e. The van der Waals surface area contributed by atoms with E-state index in [2.05, 4.69) is 41.5 Å². The van der Waals surface area contributed by atoms with Gasteiger partial charge >= 0.3 is 0 Å². The van der Waals surface area contributed by atoms with Crippen LogP contribution in [0, 0.1) is 5.92 Å². The van der Waals surface area contributed by atoms with Crippen LogP contribution in [0.25, 0.3) is 0 Å². The molecule has 0 amide bonds. The molecule has 0 spiro atoms. The number of unbranched alkanes of at least 4 members (excludes halogenated alkanes) is 3. The zero-order valence-corrected chi connectivity index (χ0v) is 13.2. The number of nitrogens with zero attached hydrogens (tertiary/aromatic N) is 2. The molecular formula is C15H32N4. The fourth-order valence-electron chi connectivity index (χ4n) is 2.43. The number of aliphatic imine (C=N–C) groups is 1. The highest BCUT2D eigenvalue weighted by Gasteiger charge is 2.32. The van der Waals surface area contributed by atoms with Crippen molar-refractivity contribution in [2.24, 2.45) is 10.9 Å². The average Bonchev–Trinajstić information content (AvgIpc) is 3.20. The summed E-state index contributed by atoms with van der Waals surface area (Å²) in [5.74, 6) is 1.83. The smallest absolute Gasteiger partial charge is 0.191 e. The summed E-state index contributed by atoms with van der Waals surface area (Å²) in [6.07, 6.45) is 7.93. The second-order valence-electron chi connectivity index (χ2n) is 5.81. The monoisotopic (exact) mass is 268 g/mol. The van der Waals surface area contributed by atoms with Gasteiger partial charge in [0.2, 0.25) is 0 Å². The molecule has 0 bridgehead atoms. The summed E-state index contributed by atoms with van der Waals surface area (Å²) >= 11 is 0. The number of hydrogen-bond donors (Lipinski definition) is 2. The average molecular weight is 268 g/mol. The molecule has 0 radical (unpaired) electrons. The Bertz CT molecular complexity index is 257. The second kappa shape index (κ2) is 9.18. The van der Waals surface area contributed by atoms with Gasteiger partial charge in [-0.05, 0) is 39.3 Å². The molecule has 1 fully saturated rings. The highest BCUT2D eigenvalue weighted by Crippen LogP contribution is 2.34. The standard InChI is InChI=1S/C15H32N4/c1-5-6-7-8-11-17-15(16-2)18-12-14(19(3)4)13-9-10-13/h13-14H,5-12H2,1-4H3,(H2,16,17,18). The Morgan fingerprint density at radius 1 is 1.21 bits per heavy atom. The molecule has 1 saturated carbocycles. The van der Waals surface area contributed by atoms with Crippen molar-refractivity contribution in [3.63, 3.8) is 0 Å².